The fraction of sp³-hybridized carbons (Fsp3) is 0.600. The molecule has 0 atom stereocenters. The van der Waals surface area contributed by atoms with E-state index in [4.69, 9.17) is 0 Å². The van der Waals surface area contributed by atoms with Crippen LogP contribution in [0.15, 0.2) is 22.5 Å². The second-order valence-electron chi connectivity index (χ2n) is 5.86. The van der Waals surface area contributed by atoms with E-state index in [-0.39, 0.29) is 6.42 Å². The maximum absolute atomic E-state index is 13.3. The predicted molar refractivity (Wildman–Crippen MR) is 76.3 cm³/mol. The van der Waals surface area contributed by atoms with Crippen molar-refractivity contribution in [2.24, 2.45) is 11.8 Å². The lowest BCUT2D eigenvalue weighted by Gasteiger charge is -2.33. The summed E-state index contributed by atoms with van der Waals surface area (Å²) >= 11 is 0. The van der Waals surface area contributed by atoms with Crippen LogP contribution in [-0.4, -0.2) is 38.5 Å². The number of hydrogen-bond donors (Lipinski definition) is 1. The first-order chi connectivity index (χ1) is 11.8. The molecule has 1 aliphatic heterocycles. The molecule has 0 unspecified atom stereocenters. The van der Waals surface area contributed by atoms with Gasteiger partial charge in [-0.05, 0) is 12.3 Å². The Balaban J connectivity index is 3.84. The number of nitrogens with one attached hydrogen (secondary N) is 1. The lowest BCUT2D eigenvalue weighted by Crippen LogP contribution is -2.44. The summed E-state index contributed by atoms with van der Waals surface area (Å²) in [5.74, 6) is -5.22. The van der Waals surface area contributed by atoms with Crippen LogP contribution in [0.5, 0.6) is 0 Å². The third-order valence-corrected chi connectivity index (χ3v) is 3.57. The van der Waals surface area contributed by atoms with Crippen LogP contribution >= 0.6 is 0 Å². The van der Waals surface area contributed by atoms with Crippen molar-refractivity contribution in [1.29, 1.82) is 0 Å². The van der Waals surface area contributed by atoms with E-state index in [0.717, 1.165) is 14.2 Å². The SMILES string of the molecule is COC(=O)C1=C(C(F)(F)F)NC(C(F)(F)F)=C(C(=O)OC)C1CC(C)C. The van der Waals surface area contributed by atoms with Gasteiger partial charge in [0.25, 0.3) is 0 Å². The molecule has 1 rings (SSSR count). The van der Waals surface area contributed by atoms with E-state index in [2.05, 4.69) is 9.47 Å². The van der Waals surface area contributed by atoms with Gasteiger partial charge in [0, 0.05) is 5.92 Å². The Morgan fingerprint density at radius 1 is 0.923 bits per heavy atom. The molecule has 0 spiro atoms. The number of esters is 2. The molecule has 0 aromatic carbocycles. The average molecular weight is 389 g/mol. The van der Waals surface area contributed by atoms with Gasteiger partial charge in [0.2, 0.25) is 0 Å². The highest BCUT2D eigenvalue weighted by molar-refractivity contribution is 5.98. The van der Waals surface area contributed by atoms with Crippen LogP contribution in [0.25, 0.3) is 0 Å². The molecule has 1 N–H and O–H groups in total. The number of carbonyl (C=O) groups excluding carboxylic acids is 2. The predicted octanol–water partition coefficient (Wildman–Crippen LogP) is 3.23. The van der Waals surface area contributed by atoms with Gasteiger partial charge in [0.1, 0.15) is 11.4 Å². The van der Waals surface area contributed by atoms with Crippen molar-refractivity contribution in [3.8, 4) is 0 Å². The lowest BCUT2D eigenvalue weighted by atomic mass is 9.79. The van der Waals surface area contributed by atoms with Crippen LogP contribution in [0.2, 0.25) is 0 Å². The first kappa shape index (κ1) is 21.8. The molecular weight excluding hydrogens is 372 g/mol. The van der Waals surface area contributed by atoms with Crippen LogP contribution < -0.4 is 5.32 Å². The summed E-state index contributed by atoms with van der Waals surface area (Å²) in [6, 6.07) is 0. The first-order valence-electron chi connectivity index (χ1n) is 7.32. The number of ether oxygens (including phenoxy) is 2. The number of halogens is 6. The van der Waals surface area contributed by atoms with E-state index in [9.17, 15) is 35.9 Å². The largest absolute Gasteiger partial charge is 0.466 e. The van der Waals surface area contributed by atoms with Crippen molar-refractivity contribution in [1.82, 2.24) is 5.32 Å². The quantitative estimate of drug-likeness (QED) is 0.591. The highest BCUT2D eigenvalue weighted by Gasteiger charge is 2.52. The van der Waals surface area contributed by atoms with Gasteiger partial charge in [-0.15, -0.1) is 0 Å². The van der Waals surface area contributed by atoms with Gasteiger partial charge in [-0.2, -0.15) is 26.3 Å². The minimum Gasteiger partial charge on any atom is -0.466 e. The fourth-order valence-corrected chi connectivity index (χ4v) is 2.62. The molecule has 11 heteroatoms. The minimum absolute atomic E-state index is 0.338. The van der Waals surface area contributed by atoms with Crippen LogP contribution in [0.4, 0.5) is 26.3 Å². The summed E-state index contributed by atoms with van der Waals surface area (Å²) in [7, 11) is 1.58. The molecule has 0 saturated carbocycles. The molecule has 0 amide bonds. The average Bonchev–Trinajstić information content (AvgIpc) is 2.49. The third-order valence-electron chi connectivity index (χ3n) is 3.57. The van der Waals surface area contributed by atoms with Crippen LogP contribution in [0.3, 0.4) is 0 Å². The number of carbonyl (C=O) groups is 2. The van der Waals surface area contributed by atoms with Crippen molar-refractivity contribution in [2.45, 2.75) is 32.6 Å². The molecule has 5 nitrogen and oxygen atoms in total. The molecule has 26 heavy (non-hydrogen) atoms. The van der Waals surface area contributed by atoms with Crippen molar-refractivity contribution >= 4 is 11.9 Å². The van der Waals surface area contributed by atoms with E-state index >= 15 is 0 Å². The molecule has 0 radical (unpaired) electrons. The number of allylic oxidation sites excluding steroid dienone is 2. The normalized spacial score (nSPS) is 16.7. The third kappa shape index (κ3) is 4.50. The molecular formula is C15H17F6NO4. The highest BCUT2D eigenvalue weighted by atomic mass is 19.4. The van der Waals surface area contributed by atoms with Gasteiger partial charge >= 0.3 is 24.3 Å². The summed E-state index contributed by atoms with van der Waals surface area (Å²) in [4.78, 5) is 23.9. The second-order valence-corrected chi connectivity index (χ2v) is 5.86. The summed E-state index contributed by atoms with van der Waals surface area (Å²) < 4.78 is 88.7. The molecule has 1 heterocycles. The topological polar surface area (TPSA) is 64.6 Å². The van der Waals surface area contributed by atoms with E-state index in [0.29, 0.717) is 0 Å². The number of hydrogen-bond acceptors (Lipinski definition) is 5. The smallest absolute Gasteiger partial charge is 0.431 e. The Morgan fingerprint density at radius 3 is 1.50 bits per heavy atom. The molecule has 0 aliphatic carbocycles. The number of rotatable bonds is 4. The van der Waals surface area contributed by atoms with Gasteiger partial charge in [0.15, 0.2) is 0 Å². The lowest BCUT2D eigenvalue weighted by molar-refractivity contribution is -0.142. The Hall–Kier alpha value is -2.20. The highest BCUT2D eigenvalue weighted by Crippen LogP contribution is 2.44. The van der Waals surface area contributed by atoms with Crippen LogP contribution in [0, 0.1) is 11.8 Å². The van der Waals surface area contributed by atoms with E-state index in [1.165, 1.54) is 19.2 Å². The van der Waals surface area contributed by atoms with E-state index < -0.39 is 58.7 Å². The summed E-state index contributed by atoms with van der Waals surface area (Å²) in [6.45, 7) is 3.04. The van der Waals surface area contributed by atoms with E-state index in [1.54, 1.807) is 0 Å². The Bertz CT molecular complexity index is 596. The molecule has 0 bridgehead atoms. The molecule has 0 saturated heterocycles. The summed E-state index contributed by atoms with van der Waals surface area (Å²) in [6.07, 6.45) is -11.0. The number of alkyl halides is 6. The number of methoxy groups -OCH3 is 2. The van der Waals surface area contributed by atoms with Crippen molar-refractivity contribution in [3.63, 3.8) is 0 Å². The molecule has 1 aliphatic rings. The standard InChI is InChI=1S/C15H17F6NO4/c1-6(2)5-7-8(12(23)25-3)10(14(16,17)18)22-11(15(19,20)21)9(7)13(24)26-4/h6-7,22H,5H2,1-4H3. The van der Waals surface area contributed by atoms with Gasteiger partial charge in [0.05, 0.1) is 25.4 Å². The zero-order valence-corrected chi connectivity index (χ0v) is 14.3. The summed E-state index contributed by atoms with van der Waals surface area (Å²) in [5.41, 5.74) is -6.01. The molecule has 0 aromatic heterocycles. The molecule has 0 aromatic rings. The minimum atomic E-state index is -5.31. The first-order valence-corrected chi connectivity index (χ1v) is 7.32. The molecule has 0 fully saturated rings. The Morgan fingerprint density at radius 2 is 1.27 bits per heavy atom. The zero-order valence-electron chi connectivity index (χ0n) is 14.3. The van der Waals surface area contributed by atoms with Crippen molar-refractivity contribution in [2.75, 3.05) is 14.2 Å². The Labute approximate surface area is 145 Å². The van der Waals surface area contributed by atoms with Gasteiger partial charge in [-0.1, -0.05) is 13.8 Å². The zero-order chi connectivity index (χ0) is 20.4. The molecule has 148 valence electrons. The monoisotopic (exact) mass is 389 g/mol. The van der Waals surface area contributed by atoms with E-state index in [1.807, 2.05) is 0 Å². The van der Waals surface area contributed by atoms with Crippen LogP contribution in [-0.2, 0) is 19.1 Å². The maximum Gasteiger partial charge on any atom is 0.431 e. The second kappa shape index (κ2) is 7.58. The van der Waals surface area contributed by atoms with Crippen molar-refractivity contribution < 1.29 is 45.4 Å². The van der Waals surface area contributed by atoms with Gasteiger partial charge in [-0.3, -0.25) is 0 Å². The van der Waals surface area contributed by atoms with Gasteiger partial charge < -0.3 is 14.8 Å². The fourth-order valence-electron chi connectivity index (χ4n) is 2.62. The Kier molecular flexibility index (Phi) is 6.37. The van der Waals surface area contributed by atoms with Crippen LogP contribution in [0.1, 0.15) is 20.3 Å². The van der Waals surface area contributed by atoms with Gasteiger partial charge in [-0.25, -0.2) is 9.59 Å². The summed E-state index contributed by atoms with van der Waals surface area (Å²) in [5, 5.41) is 1.17. The maximum atomic E-state index is 13.3. The number of dihydropyridines is 1. The van der Waals surface area contributed by atoms with Crippen molar-refractivity contribution in [3.05, 3.63) is 22.5 Å².